The van der Waals surface area contributed by atoms with Crippen molar-refractivity contribution in [3.8, 4) is 11.5 Å². The maximum Gasteiger partial charge on any atom is 0.264 e. The monoisotopic (exact) mass is 530 g/mol. The molecule has 140 valence electrons. The number of ether oxygens (including phenoxy) is 1. The molecule has 2 N–H and O–H groups in total. The zero-order chi connectivity index (χ0) is 19.7. The number of nitrogens with zero attached hydrogens (tertiary/aromatic N) is 1. The van der Waals surface area contributed by atoms with Crippen molar-refractivity contribution in [1.82, 2.24) is 5.32 Å². The summed E-state index contributed by atoms with van der Waals surface area (Å²) in [5, 5.41) is 13.8. The molecule has 9 heteroatoms. The molecule has 1 heterocycles. The number of aromatic hydroxyl groups is 1. The van der Waals surface area contributed by atoms with Gasteiger partial charge in [0.25, 0.3) is 5.91 Å². The fourth-order valence-corrected chi connectivity index (χ4v) is 4.11. The lowest BCUT2D eigenvalue weighted by atomic mass is 10.2. The van der Waals surface area contributed by atoms with Gasteiger partial charge < -0.3 is 15.2 Å². The summed E-state index contributed by atoms with van der Waals surface area (Å²) in [4.78, 5) is 17.2. The van der Waals surface area contributed by atoms with E-state index in [9.17, 15) is 9.90 Å². The second kappa shape index (κ2) is 8.26. The van der Waals surface area contributed by atoms with Crippen LogP contribution in [0.15, 0.2) is 43.1 Å². The zero-order valence-corrected chi connectivity index (χ0v) is 18.9. The molecule has 0 saturated carbocycles. The molecule has 1 fully saturated rings. The van der Waals surface area contributed by atoms with Crippen molar-refractivity contribution in [3.05, 3.63) is 54.3 Å². The van der Waals surface area contributed by atoms with E-state index in [1.807, 2.05) is 19.1 Å². The van der Waals surface area contributed by atoms with E-state index >= 15 is 0 Å². The molecule has 2 aromatic rings. The first-order chi connectivity index (χ1) is 12.8. The van der Waals surface area contributed by atoms with Gasteiger partial charge in [-0.05, 0) is 85.9 Å². The third-order valence-electron chi connectivity index (χ3n) is 3.72. The van der Waals surface area contributed by atoms with Crippen molar-refractivity contribution in [2.75, 3.05) is 7.11 Å². The highest BCUT2D eigenvalue weighted by molar-refractivity contribution is 9.13. The molecule has 3 rings (SSSR count). The minimum absolute atomic E-state index is 0.0199. The van der Waals surface area contributed by atoms with Crippen LogP contribution in [0, 0.1) is 6.92 Å². The van der Waals surface area contributed by atoms with Gasteiger partial charge in [-0.2, -0.15) is 0 Å². The molecule has 0 atom stereocenters. The minimum atomic E-state index is -0.257. The predicted molar refractivity (Wildman–Crippen MR) is 117 cm³/mol. The molecular weight excluding hydrogens is 520 g/mol. The van der Waals surface area contributed by atoms with Crippen molar-refractivity contribution < 1.29 is 14.6 Å². The van der Waals surface area contributed by atoms with Crippen LogP contribution >= 0.6 is 55.2 Å². The molecule has 0 aromatic heterocycles. The van der Waals surface area contributed by atoms with Crippen molar-refractivity contribution in [2.45, 2.75) is 6.92 Å². The summed E-state index contributed by atoms with van der Waals surface area (Å²) in [5.41, 5.74) is 2.29. The summed E-state index contributed by atoms with van der Waals surface area (Å²) in [7, 11) is 1.46. The number of amidine groups is 1. The lowest BCUT2D eigenvalue weighted by molar-refractivity contribution is -0.115. The van der Waals surface area contributed by atoms with Gasteiger partial charge in [-0.15, -0.1) is 0 Å². The number of carbonyl (C=O) groups is 1. The Morgan fingerprint density at radius 3 is 2.70 bits per heavy atom. The third kappa shape index (κ3) is 4.34. The molecule has 0 unspecified atom stereocenters. The average molecular weight is 533 g/mol. The Hall–Kier alpha value is -1.48. The molecule has 1 amide bonds. The zero-order valence-electron chi connectivity index (χ0n) is 14.1. The van der Waals surface area contributed by atoms with Crippen LogP contribution in [-0.4, -0.2) is 23.3 Å². The maximum atomic E-state index is 12.3. The second-order valence-corrected chi connectivity index (χ2v) is 8.58. The second-order valence-electron chi connectivity index (χ2n) is 5.56. The summed E-state index contributed by atoms with van der Waals surface area (Å²) in [6.45, 7) is 1.91. The van der Waals surface area contributed by atoms with E-state index in [1.54, 1.807) is 18.2 Å². The Morgan fingerprint density at radius 2 is 2.04 bits per heavy atom. The number of phenols is 1. The number of thioether (sulfide) groups is 1. The molecule has 27 heavy (non-hydrogen) atoms. The molecular formula is C18H13Br2ClN2O3S. The van der Waals surface area contributed by atoms with Crippen LogP contribution in [0.4, 0.5) is 5.69 Å². The first-order valence-corrected chi connectivity index (χ1v) is 10.4. The summed E-state index contributed by atoms with van der Waals surface area (Å²) in [6.07, 6.45) is 1.70. The van der Waals surface area contributed by atoms with Crippen LogP contribution in [0.3, 0.4) is 0 Å². The van der Waals surface area contributed by atoms with Crippen LogP contribution in [0.25, 0.3) is 6.08 Å². The van der Waals surface area contributed by atoms with Crippen LogP contribution in [-0.2, 0) is 4.79 Å². The van der Waals surface area contributed by atoms with E-state index in [2.05, 4.69) is 42.2 Å². The summed E-state index contributed by atoms with van der Waals surface area (Å²) < 4.78 is 6.21. The predicted octanol–water partition coefficient (Wildman–Crippen LogP) is 5.78. The Balaban J connectivity index is 1.93. The van der Waals surface area contributed by atoms with Crippen molar-refractivity contribution in [1.29, 1.82) is 0 Å². The van der Waals surface area contributed by atoms with Crippen molar-refractivity contribution >= 4 is 78.1 Å². The fraction of sp³-hybridized carbons (Fsp3) is 0.111. The minimum Gasteiger partial charge on any atom is -0.503 e. The Morgan fingerprint density at radius 1 is 1.30 bits per heavy atom. The summed E-state index contributed by atoms with van der Waals surface area (Å²) in [6, 6.07) is 7.09. The van der Waals surface area contributed by atoms with Crippen molar-refractivity contribution in [3.63, 3.8) is 0 Å². The number of hydrogen-bond acceptors (Lipinski definition) is 5. The van der Waals surface area contributed by atoms with Crippen LogP contribution in [0.2, 0.25) is 5.02 Å². The van der Waals surface area contributed by atoms with Crippen LogP contribution in [0.5, 0.6) is 11.5 Å². The van der Waals surface area contributed by atoms with E-state index in [1.165, 1.54) is 18.9 Å². The number of benzene rings is 2. The first-order valence-electron chi connectivity index (χ1n) is 7.61. The molecule has 0 aliphatic carbocycles. The van der Waals surface area contributed by atoms with E-state index < -0.39 is 0 Å². The van der Waals surface area contributed by atoms with Gasteiger partial charge in [0.15, 0.2) is 16.7 Å². The Kier molecular flexibility index (Phi) is 6.20. The van der Waals surface area contributed by atoms with Gasteiger partial charge in [-0.25, -0.2) is 4.99 Å². The molecule has 0 spiro atoms. The molecule has 5 nitrogen and oxygen atoms in total. The number of phenolic OH excluding ortho intramolecular Hbond substituents is 1. The van der Waals surface area contributed by atoms with E-state index in [-0.39, 0.29) is 11.7 Å². The number of aliphatic imine (C=N–C) groups is 1. The third-order valence-corrected chi connectivity index (χ3v) is 7.19. The van der Waals surface area contributed by atoms with Crippen LogP contribution < -0.4 is 10.1 Å². The van der Waals surface area contributed by atoms with E-state index in [0.717, 1.165) is 5.56 Å². The van der Waals surface area contributed by atoms with Gasteiger partial charge in [0.1, 0.15) is 0 Å². The average Bonchev–Trinajstić information content (AvgIpc) is 2.97. The summed E-state index contributed by atoms with van der Waals surface area (Å²) >= 11 is 14.1. The van der Waals surface area contributed by atoms with Gasteiger partial charge in [-0.1, -0.05) is 17.7 Å². The smallest absolute Gasteiger partial charge is 0.264 e. The highest BCUT2D eigenvalue weighted by Crippen LogP contribution is 2.43. The van der Waals surface area contributed by atoms with Gasteiger partial charge in [0.05, 0.1) is 22.2 Å². The van der Waals surface area contributed by atoms with Gasteiger partial charge >= 0.3 is 0 Å². The molecule has 0 bridgehead atoms. The molecule has 0 radical (unpaired) electrons. The topological polar surface area (TPSA) is 70.9 Å². The molecule has 1 saturated heterocycles. The number of amides is 1. The maximum absolute atomic E-state index is 12.3. The number of methoxy groups -OCH3 is 1. The summed E-state index contributed by atoms with van der Waals surface area (Å²) in [5.74, 6) is 0.0177. The Labute approximate surface area is 182 Å². The van der Waals surface area contributed by atoms with Crippen molar-refractivity contribution in [2.24, 2.45) is 4.99 Å². The number of hydrogen-bond donors (Lipinski definition) is 2. The number of carbonyl (C=O) groups excluding carboxylic acids is 1. The molecule has 1 aliphatic heterocycles. The lowest BCUT2D eigenvalue weighted by Crippen LogP contribution is -2.19. The van der Waals surface area contributed by atoms with Crippen LogP contribution in [0.1, 0.15) is 11.1 Å². The normalized spacial score (nSPS) is 16.9. The molecule has 2 aromatic carbocycles. The van der Waals surface area contributed by atoms with E-state index in [0.29, 0.717) is 41.0 Å². The number of halogens is 3. The number of rotatable bonds is 3. The number of aryl methyl sites for hydroxylation is 1. The molecule has 1 aliphatic rings. The highest BCUT2D eigenvalue weighted by Gasteiger charge is 2.25. The SMILES string of the molecule is COc1cc(/C=C2\SC(=Nc3ccc(C)c(Cl)c3)NC2=O)c(Br)c(Br)c1O. The number of nitrogens with one attached hydrogen (secondary N) is 1. The Bertz CT molecular complexity index is 1010. The standard InChI is InChI=1S/C18H13Br2ClN2O3S/c1-8-3-4-10(7-11(8)21)22-18-23-17(25)13(27-18)6-9-5-12(26-2)16(24)15(20)14(9)19/h3-7,24H,1-2H3,(H,22,23,25)/b13-6-. The largest absolute Gasteiger partial charge is 0.503 e. The van der Waals surface area contributed by atoms with Gasteiger partial charge in [0, 0.05) is 9.50 Å². The fourth-order valence-electron chi connectivity index (χ4n) is 2.26. The van der Waals surface area contributed by atoms with E-state index in [4.69, 9.17) is 16.3 Å². The van der Waals surface area contributed by atoms with Gasteiger partial charge in [0.2, 0.25) is 0 Å². The highest BCUT2D eigenvalue weighted by atomic mass is 79.9. The first kappa shape index (κ1) is 20.3. The van der Waals surface area contributed by atoms with Gasteiger partial charge in [-0.3, -0.25) is 4.79 Å². The quantitative estimate of drug-likeness (QED) is 0.492. The lowest BCUT2D eigenvalue weighted by Gasteiger charge is -2.10.